The lowest BCUT2D eigenvalue weighted by Gasteiger charge is -2.25. The number of nitrogens with zero attached hydrogens (tertiary/aromatic N) is 1. The summed E-state index contributed by atoms with van der Waals surface area (Å²) in [5.74, 6) is 0.639. The number of rotatable bonds is 4. The molecule has 1 aliphatic rings. The van der Waals surface area contributed by atoms with E-state index >= 15 is 0 Å². The fourth-order valence-electron chi connectivity index (χ4n) is 1.96. The second-order valence-electron chi connectivity index (χ2n) is 5.79. The Balaban J connectivity index is 2.14. The molecule has 0 aromatic carbocycles. The quantitative estimate of drug-likeness (QED) is 0.794. The average molecular weight is 311 g/mol. The van der Waals surface area contributed by atoms with Crippen LogP contribution in [0.25, 0.3) is 0 Å². The number of carbonyl (C=O) groups is 1. The zero-order valence-corrected chi connectivity index (χ0v) is 13.9. The highest BCUT2D eigenvalue weighted by Crippen LogP contribution is 2.26. The molecule has 5 heteroatoms. The van der Waals surface area contributed by atoms with E-state index in [0.29, 0.717) is 6.42 Å². The van der Waals surface area contributed by atoms with Crippen molar-refractivity contribution in [1.29, 1.82) is 0 Å². The SMILES string of the molecule is CC(C)(C)OC(=O)C(Cc1cccs1)C1=NCCCS1. The van der Waals surface area contributed by atoms with E-state index in [2.05, 4.69) is 11.1 Å². The number of esters is 1. The Labute approximate surface area is 128 Å². The van der Waals surface area contributed by atoms with E-state index < -0.39 is 5.60 Å². The summed E-state index contributed by atoms with van der Waals surface area (Å²) in [6, 6.07) is 4.08. The smallest absolute Gasteiger partial charge is 0.316 e. The average Bonchev–Trinajstić information content (AvgIpc) is 2.87. The summed E-state index contributed by atoms with van der Waals surface area (Å²) in [6.07, 6.45) is 1.78. The van der Waals surface area contributed by atoms with E-state index in [4.69, 9.17) is 4.74 Å². The fraction of sp³-hybridized carbons (Fsp3) is 0.600. The third kappa shape index (κ3) is 4.63. The highest BCUT2D eigenvalue weighted by atomic mass is 32.2. The molecule has 0 spiro atoms. The van der Waals surface area contributed by atoms with Crippen LogP contribution in [0.15, 0.2) is 22.5 Å². The molecule has 0 bridgehead atoms. The van der Waals surface area contributed by atoms with Crippen LogP contribution >= 0.6 is 23.1 Å². The molecule has 1 unspecified atom stereocenters. The Kier molecular flexibility index (Phi) is 5.27. The number of aliphatic imine (C=N–C) groups is 1. The van der Waals surface area contributed by atoms with Crippen molar-refractivity contribution in [2.24, 2.45) is 10.9 Å². The summed E-state index contributed by atoms with van der Waals surface area (Å²) in [5, 5.41) is 2.98. The van der Waals surface area contributed by atoms with Crippen molar-refractivity contribution in [3.05, 3.63) is 22.4 Å². The van der Waals surface area contributed by atoms with Crippen LogP contribution in [-0.2, 0) is 16.0 Å². The van der Waals surface area contributed by atoms with Gasteiger partial charge in [0.25, 0.3) is 0 Å². The Hall–Kier alpha value is -0.810. The molecular formula is C15H21NO2S2. The standard InChI is InChI=1S/C15H21NO2S2/c1-15(2,3)18-14(17)12(10-11-6-4-8-19-11)13-16-7-5-9-20-13/h4,6,8,12H,5,7,9-10H2,1-3H3. The minimum atomic E-state index is -0.454. The Bertz CT molecular complexity index is 475. The molecule has 1 aromatic heterocycles. The van der Waals surface area contributed by atoms with Gasteiger partial charge >= 0.3 is 5.97 Å². The van der Waals surface area contributed by atoms with Gasteiger partial charge in [-0.25, -0.2) is 0 Å². The Morgan fingerprint density at radius 2 is 2.30 bits per heavy atom. The maximum absolute atomic E-state index is 12.5. The van der Waals surface area contributed by atoms with Gasteiger partial charge in [0, 0.05) is 23.6 Å². The van der Waals surface area contributed by atoms with Crippen molar-refractivity contribution in [3.8, 4) is 0 Å². The van der Waals surface area contributed by atoms with Crippen LogP contribution < -0.4 is 0 Å². The predicted octanol–water partition coefficient (Wildman–Crippen LogP) is 3.78. The monoisotopic (exact) mass is 311 g/mol. The van der Waals surface area contributed by atoms with Gasteiger partial charge in [-0.3, -0.25) is 9.79 Å². The molecule has 0 N–H and O–H groups in total. The summed E-state index contributed by atoms with van der Waals surface area (Å²) in [5.41, 5.74) is -0.454. The number of thiophene rings is 1. The van der Waals surface area contributed by atoms with Crippen molar-refractivity contribution >= 4 is 34.1 Å². The van der Waals surface area contributed by atoms with Crippen LogP contribution in [0.3, 0.4) is 0 Å². The predicted molar refractivity (Wildman–Crippen MR) is 86.7 cm³/mol. The van der Waals surface area contributed by atoms with Crippen LogP contribution in [-0.4, -0.2) is 28.9 Å². The first-order chi connectivity index (χ1) is 9.46. The highest BCUT2D eigenvalue weighted by Gasteiger charge is 2.31. The van der Waals surface area contributed by atoms with Gasteiger partial charge in [0.1, 0.15) is 11.5 Å². The molecule has 20 heavy (non-hydrogen) atoms. The molecule has 3 nitrogen and oxygen atoms in total. The van der Waals surface area contributed by atoms with E-state index in [0.717, 1.165) is 23.8 Å². The largest absolute Gasteiger partial charge is 0.459 e. The molecule has 2 heterocycles. The molecule has 0 fully saturated rings. The van der Waals surface area contributed by atoms with Crippen LogP contribution in [0, 0.1) is 5.92 Å². The molecule has 0 radical (unpaired) electrons. The first-order valence-corrected chi connectivity index (χ1v) is 8.74. The van der Waals surface area contributed by atoms with Crippen molar-refractivity contribution < 1.29 is 9.53 Å². The number of hydrogen-bond donors (Lipinski definition) is 0. The van der Waals surface area contributed by atoms with Crippen LogP contribution in [0.1, 0.15) is 32.1 Å². The molecule has 0 saturated carbocycles. The lowest BCUT2D eigenvalue weighted by atomic mass is 10.0. The normalized spacial score (nSPS) is 17.4. The number of ether oxygens (including phenoxy) is 1. The van der Waals surface area contributed by atoms with Crippen LogP contribution in [0.2, 0.25) is 0 Å². The van der Waals surface area contributed by atoms with E-state index in [1.165, 1.54) is 4.88 Å². The van der Waals surface area contributed by atoms with Crippen molar-refractivity contribution in [3.63, 3.8) is 0 Å². The van der Waals surface area contributed by atoms with Gasteiger partial charge in [-0.15, -0.1) is 23.1 Å². The van der Waals surface area contributed by atoms with Gasteiger partial charge in [-0.1, -0.05) is 6.07 Å². The number of carbonyl (C=O) groups excluding carboxylic acids is 1. The van der Waals surface area contributed by atoms with E-state index in [-0.39, 0.29) is 11.9 Å². The molecule has 1 atom stereocenters. The van der Waals surface area contributed by atoms with Crippen LogP contribution in [0.4, 0.5) is 0 Å². The summed E-state index contributed by atoms with van der Waals surface area (Å²) >= 11 is 3.38. The third-order valence-electron chi connectivity index (χ3n) is 2.79. The lowest BCUT2D eigenvalue weighted by molar-refractivity contribution is -0.157. The fourth-order valence-corrected chi connectivity index (χ4v) is 3.76. The molecule has 1 aliphatic heterocycles. The lowest BCUT2D eigenvalue weighted by Crippen LogP contribution is -2.33. The van der Waals surface area contributed by atoms with Gasteiger partial charge in [-0.05, 0) is 38.6 Å². The maximum Gasteiger partial charge on any atom is 0.316 e. The van der Waals surface area contributed by atoms with E-state index in [9.17, 15) is 4.79 Å². The minimum Gasteiger partial charge on any atom is -0.459 e. The van der Waals surface area contributed by atoms with Gasteiger partial charge in [0.05, 0.1) is 5.04 Å². The van der Waals surface area contributed by atoms with E-state index in [1.54, 1.807) is 23.1 Å². The Morgan fingerprint density at radius 1 is 1.50 bits per heavy atom. The first kappa shape index (κ1) is 15.6. The van der Waals surface area contributed by atoms with Gasteiger partial charge in [0.2, 0.25) is 0 Å². The molecule has 1 aromatic rings. The van der Waals surface area contributed by atoms with Crippen molar-refractivity contribution in [2.75, 3.05) is 12.3 Å². The van der Waals surface area contributed by atoms with Crippen molar-refractivity contribution in [2.45, 2.75) is 39.2 Å². The summed E-state index contributed by atoms with van der Waals surface area (Å²) < 4.78 is 5.57. The highest BCUT2D eigenvalue weighted by molar-refractivity contribution is 8.14. The summed E-state index contributed by atoms with van der Waals surface area (Å²) in [6.45, 7) is 6.54. The summed E-state index contributed by atoms with van der Waals surface area (Å²) in [4.78, 5) is 18.2. The third-order valence-corrected chi connectivity index (χ3v) is 4.90. The second kappa shape index (κ2) is 6.76. The van der Waals surface area contributed by atoms with Crippen molar-refractivity contribution in [1.82, 2.24) is 0 Å². The number of thioether (sulfide) groups is 1. The topological polar surface area (TPSA) is 38.7 Å². The zero-order chi connectivity index (χ0) is 14.6. The first-order valence-electron chi connectivity index (χ1n) is 6.88. The minimum absolute atomic E-state index is 0.154. The van der Waals surface area contributed by atoms with E-state index in [1.807, 2.05) is 32.2 Å². The Morgan fingerprint density at radius 3 is 2.85 bits per heavy atom. The molecular weight excluding hydrogens is 290 g/mol. The molecule has 0 amide bonds. The van der Waals surface area contributed by atoms with Crippen LogP contribution in [0.5, 0.6) is 0 Å². The van der Waals surface area contributed by atoms with Gasteiger partial charge in [0.15, 0.2) is 0 Å². The van der Waals surface area contributed by atoms with Gasteiger partial charge in [-0.2, -0.15) is 0 Å². The molecule has 0 aliphatic carbocycles. The summed E-state index contributed by atoms with van der Waals surface area (Å²) in [7, 11) is 0. The molecule has 0 saturated heterocycles. The molecule has 110 valence electrons. The molecule has 2 rings (SSSR count). The number of hydrogen-bond acceptors (Lipinski definition) is 5. The van der Waals surface area contributed by atoms with Gasteiger partial charge < -0.3 is 4.74 Å². The zero-order valence-electron chi connectivity index (χ0n) is 12.2. The maximum atomic E-state index is 12.5. The second-order valence-corrected chi connectivity index (χ2v) is 7.94.